The van der Waals surface area contributed by atoms with E-state index < -0.39 is 0 Å². The number of rotatable bonds is 8. The monoisotopic (exact) mass is 468 g/mol. The molecule has 4 heteroatoms. The average molecular weight is 469 g/mol. The molecule has 0 N–H and O–H groups in total. The van der Waals surface area contributed by atoms with E-state index >= 15 is 0 Å². The molecule has 0 aromatic carbocycles. The van der Waals surface area contributed by atoms with Gasteiger partial charge in [0.05, 0.1) is 31.8 Å². The third kappa shape index (κ3) is 7.41. The first kappa shape index (κ1) is 29.1. The zero-order valence-electron chi connectivity index (χ0n) is 23.7. The van der Waals surface area contributed by atoms with Crippen molar-refractivity contribution in [3.8, 4) is 0 Å². The van der Waals surface area contributed by atoms with Crippen LogP contribution in [0.3, 0.4) is 0 Å². The van der Waals surface area contributed by atoms with Gasteiger partial charge in [-0.05, 0) is 61.2 Å². The van der Waals surface area contributed by atoms with Crippen LogP contribution in [0.25, 0.3) is 0 Å². The molecular weight excluding hydrogens is 412 g/mol. The van der Waals surface area contributed by atoms with E-state index in [-0.39, 0.29) is 18.0 Å². The Morgan fingerprint density at radius 2 is 0.879 bits per heavy atom. The van der Waals surface area contributed by atoms with Crippen molar-refractivity contribution in [2.24, 2.45) is 39.9 Å². The Kier molecular flexibility index (Phi) is 10.7. The zero-order valence-corrected chi connectivity index (χ0v) is 23.7. The maximum atomic E-state index is 6.26. The van der Waals surface area contributed by atoms with Crippen LogP contribution >= 0.6 is 0 Å². The summed E-state index contributed by atoms with van der Waals surface area (Å²) in [5, 5.41) is 0. The Labute approximate surface area is 205 Å². The molecule has 1 spiro atoms. The van der Waals surface area contributed by atoms with Crippen LogP contribution in [0.15, 0.2) is 0 Å². The summed E-state index contributed by atoms with van der Waals surface area (Å²) in [7, 11) is 0. The minimum absolute atomic E-state index is 0.0553. The van der Waals surface area contributed by atoms with Crippen LogP contribution in [0.1, 0.15) is 108 Å². The van der Waals surface area contributed by atoms with Gasteiger partial charge in [-0.2, -0.15) is 0 Å². The third-order valence-corrected chi connectivity index (χ3v) is 8.64. The van der Waals surface area contributed by atoms with E-state index in [9.17, 15) is 0 Å². The van der Waals surface area contributed by atoms with E-state index in [1.807, 2.05) is 27.7 Å². The Morgan fingerprint density at radius 3 is 1.09 bits per heavy atom. The summed E-state index contributed by atoms with van der Waals surface area (Å²) < 4.78 is 25.1. The first-order valence-corrected chi connectivity index (χ1v) is 14.1. The molecule has 0 aromatic rings. The Balaban J connectivity index is 0.000000914. The summed E-state index contributed by atoms with van der Waals surface area (Å²) >= 11 is 0. The van der Waals surface area contributed by atoms with Crippen molar-refractivity contribution in [2.75, 3.05) is 26.4 Å². The molecule has 2 aliphatic heterocycles. The lowest BCUT2D eigenvalue weighted by molar-refractivity contribution is -0.320. The van der Waals surface area contributed by atoms with Crippen molar-refractivity contribution in [3.63, 3.8) is 0 Å². The van der Waals surface area contributed by atoms with Crippen molar-refractivity contribution in [1.29, 1.82) is 0 Å². The maximum absolute atomic E-state index is 6.26. The van der Waals surface area contributed by atoms with Gasteiger partial charge in [0.2, 0.25) is 0 Å². The van der Waals surface area contributed by atoms with Crippen molar-refractivity contribution >= 4 is 0 Å². The molecule has 4 aliphatic rings. The van der Waals surface area contributed by atoms with Crippen LogP contribution in [0, 0.1) is 39.9 Å². The second-order valence-electron chi connectivity index (χ2n) is 12.1. The highest BCUT2D eigenvalue weighted by atomic mass is 16.7. The van der Waals surface area contributed by atoms with E-state index in [0.29, 0.717) is 49.1 Å². The first-order valence-electron chi connectivity index (χ1n) is 14.1. The Morgan fingerprint density at radius 1 is 0.606 bits per heavy atom. The summed E-state index contributed by atoms with van der Waals surface area (Å²) in [6, 6.07) is 0. The number of hydrogen-bond acceptors (Lipinski definition) is 4. The topological polar surface area (TPSA) is 36.9 Å². The second-order valence-corrected chi connectivity index (χ2v) is 12.1. The highest BCUT2D eigenvalue weighted by molar-refractivity contribution is 4.97. The van der Waals surface area contributed by atoms with E-state index in [1.165, 1.54) is 25.7 Å². The molecule has 4 atom stereocenters. The van der Waals surface area contributed by atoms with Gasteiger partial charge in [-0.25, -0.2) is 0 Å². The zero-order chi connectivity index (χ0) is 24.9. The lowest BCUT2D eigenvalue weighted by Gasteiger charge is -2.46. The average Bonchev–Trinajstić information content (AvgIpc) is 3.66. The smallest absolute Gasteiger partial charge is 0.160 e. The molecule has 4 unspecified atom stereocenters. The van der Waals surface area contributed by atoms with Crippen molar-refractivity contribution in [3.05, 3.63) is 0 Å². The molecule has 4 nitrogen and oxygen atoms in total. The van der Waals surface area contributed by atoms with E-state index in [0.717, 1.165) is 24.7 Å². The van der Waals surface area contributed by atoms with Gasteiger partial charge in [0, 0.05) is 11.8 Å². The van der Waals surface area contributed by atoms with Crippen molar-refractivity contribution < 1.29 is 18.9 Å². The molecule has 4 fully saturated rings. The fourth-order valence-electron chi connectivity index (χ4n) is 5.55. The van der Waals surface area contributed by atoms with Gasteiger partial charge < -0.3 is 18.9 Å². The summed E-state index contributed by atoms with van der Waals surface area (Å²) in [5.74, 6) is 2.67. The van der Waals surface area contributed by atoms with Crippen LogP contribution in [-0.2, 0) is 18.9 Å². The minimum atomic E-state index is -0.124. The van der Waals surface area contributed by atoms with E-state index in [2.05, 4.69) is 41.5 Å². The first-order chi connectivity index (χ1) is 15.7. The van der Waals surface area contributed by atoms with Crippen LogP contribution in [0.5, 0.6) is 0 Å². The van der Waals surface area contributed by atoms with Gasteiger partial charge in [-0.15, -0.1) is 0 Å². The summed E-state index contributed by atoms with van der Waals surface area (Å²) in [5.41, 5.74) is 0.922. The SMILES string of the molecule is CC.CC.CCC(CC1CC1(C)C)C1OCC2(CO1)COC(C(CC)CC1CC1(C)C)OC2. The lowest BCUT2D eigenvalue weighted by Crippen LogP contribution is -2.54. The van der Waals surface area contributed by atoms with Gasteiger partial charge in [0.15, 0.2) is 12.6 Å². The Hall–Kier alpha value is -0.160. The molecule has 0 bridgehead atoms. The summed E-state index contributed by atoms with van der Waals surface area (Å²) in [6.07, 6.45) is 7.28. The van der Waals surface area contributed by atoms with Crippen LogP contribution in [0.2, 0.25) is 0 Å². The largest absolute Gasteiger partial charge is 0.352 e. The van der Waals surface area contributed by atoms with E-state index in [1.54, 1.807) is 0 Å². The Bertz CT molecular complexity index is 502. The second kappa shape index (κ2) is 12.2. The molecule has 2 heterocycles. The van der Waals surface area contributed by atoms with Crippen LogP contribution in [-0.4, -0.2) is 39.0 Å². The number of ether oxygens (including phenoxy) is 4. The fourth-order valence-corrected chi connectivity index (χ4v) is 5.55. The fraction of sp³-hybridized carbons (Fsp3) is 1.00. The predicted octanol–water partition coefficient (Wildman–Crippen LogP) is 7.70. The molecule has 33 heavy (non-hydrogen) atoms. The molecule has 0 radical (unpaired) electrons. The van der Waals surface area contributed by atoms with Gasteiger partial charge in [0.1, 0.15) is 0 Å². The predicted molar refractivity (Wildman–Crippen MR) is 137 cm³/mol. The molecule has 0 amide bonds. The lowest BCUT2D eigenvalue weighted by atomic mass is 9.88. The standard InChI is InChI=1S/C25H44O4.2C2H6/c1-7-17(9-19-11-23(19,3)4)21-26-13-25(14-27-21)15-28-22(29-16-25)18(8-2)10-20-12-24(20,5)6;2*1-2/h17-22H,7-16H2,1-6H3;2*1-2H3. The minimum Gasteiger partial charge on any atom is -0.352 e. The summed E-state index contributed by atoms with van der Waals surface area (Å²) in [6.45, 7) is 24.8. The summed E-state index contributed by atoms with van der Waals surface area (Å²) in [4.78, 5) is 0. The molecule has 2 aliphatic carbocycles. The van der Waals surface area contributed by atoms with Gasteiger partial charge in [-0.1, -0.05) is 69.2 Å². The highest BCUT2D eigenvalue weighted by Crippen LogP contribution is 2.56. The van der Waals surface area contributed by atoms with Gasteiger partial charge in [0.25, 0.3) is 0 Å². The third-order valence-electron chi connectivity index (χ3n) is 8.64. The van der Waals surface area contributed by atoms with Crippen LogP contribution in [0.4, 0.5) is 0 Å². The van der Waals surface area contributed by atoms with E-state index in [4.69, 9.17) is 18.9 Å². The van der Waals surface area contributed by atoms with Crippen LogP contribution < -0.4 is 0 Å². The molecular formula is C29H56O4. The maximum Gasteiger partial charge on any atom is 0.160 e. The quantitative estimate of drug-likeness (QED) is 0.366. The molecule has 196 valence electrons. The molecule has 4 rings (SSSR count). The van der Waals surface area contributed by atoms with Crippen molar-refractivity contribution in [2.45, 2.75) is 120 Å². The highest BCUT2D eigenvalue weighted by Gasteiger charge is 2.50. The van der Waals surface area contributed by atoms with Gasteiger partial charge in [-0.3, -0.25) is 0 Å². The normalized spacial score (nSPS) is 37.6. The van der Waals surface area contributed by atoms with Gasteiger partial charge >= 0.3 is 0 Å². The molecule has 2 saturated carbocycles. The van der Waals surface area contributed by atoms with Crippen molar-refractivity contribution in [1.82, 2.24) is 0 Å². The molecule has 2 saturated heterocycles. The molecule has 0 aromatic heterocycles. The number of hydrogen-bond donors (Lipinski definition) is 0.